The molecule has 3 N–H and O–H groups in total. The summed E-state index contributed by atoms with van der Waals surface area (Å²) < 4.78 is 5.94. The van der Waals surface area contributed by atoms with Crippen LogP contribution < -0.4 is 11.1 Å². The Morgan fingerprint density at radius 2 is 1.95 bits per heavy atom. The molecule has 0 spiro atoms. The molecule has 0 saturated heterocycles. The van der Waals surface area contributed by atoms with Crippen LogP contribution in [-0.2, 0) is 9.53 Å². The van der Waals surface area contributed by atoms with Gasteiger partial charge in [0.1, 0.15) is 0 Å². The van der Waals surface area contributed by atoms with Crippen LogP contribution in [0.2, 0.25) is 0 Å². The molecule has 0 aliphatic heterocycles. The third kappa shape index (κ3) is 6.39. The van der Waals surface area contributed by atoms with E-state index in [4.69, 9.17) is 10.5 Å². The molecule has 1 aliphatic rings. The molecule has 1 rings (SSSR count). The second kappa shape index (κ2) is 8.54. The molecule has 1 fully saturated rings. The number of carbonyl (C=O) groups excluding carboxylic acids is 1. The Balaban J connectivity index is 2.25. The lowest BCUT2D eigenvalue weighted by atomic mass is 9.82. The van der Waals surface area contributed by atoms with Crippen LogP contribution in [0.4, 0.5) is 0 Å². The van der Waals surface area contributed by atoms with Crippen molar-refractivity contribution in [3.8, 4) is 0 Å². The lowest BCUT2D eigenvalue weighted by molar-refractivity contribution is -0.120. The van der Waals surface area contributed by atoms with Crippen LogP contribution in [0.3, 0.4) is 0 Å². The number of carbonyl (C=O) groups is 1. The van der Waals surface area contributed by atoms with E-state index in [1.165, 1.54) is 6.42 Å². The summed E-state index contributed by atoms with van der Waals surface area (Å²) in [6, 6.07) is -0.251. The summed E-state index contributed by atoms with van der Waals surface area (Å²) in [4.78, 5) is 11.3. The predicted octanol–water partition coefficient (Wildman–Crippen LogP) is 2.07. The SMILES string of the molecule is CCCNC(CCOC1CC(C)CC(C)C1)C(N)=O. The monoisotopic (exact) mass is 270 g/mol. The van der Waals surface area contributed by atoms with Gasteiger partial charge in [-0.15, -0.1) is 0 Å². The van der Waals surface area contributed by atoms with Gasteiger partial charge in [-0.05, 0) is 50.5 Å². The minimum atomic E-state index is -0.276. The standard InChI is InChI=1S/C15H30N2O2/c1-4-6-17-14(15(16)18)5-7-19-13-9-11(2)8-12(3)10-13/h11-14,17H,4-10H2,1-3H3,(H2,16,18). The zero-order valence-electron chi connectivity index (χ0n) is 12.7. The Kier molecular flexibility index (Phi) is 7.39. The molecule has 0 aromatic rings. The molecule has 0 bridgehead atoms. The van der Waals surface area contributed by atoms with E-state index in [9.17, 15) is 4.79 Å². The molecule has 0 aromatic carbocycles. The van der Waals surface area contributed by atoms with Crippen LogP contribution in [0.5, 0.6) is 0 Å². The number of nitrogens with one attached hydrogen (secondary N) is 1. The van der Waals surface area contributed by atoms with Gasteiger partial charge in [0.15, 0.2) is 0 Å². The summed E-state index contributed by atoms with van der Waals surface area (Å²) in [7, 11) is 0. The fraction of sp³-hybridized carbons (Fsp3) is 0.933. The van der Waals surface area contributed by atoms with Crippen molar-refractivity contribution in [2.24, 2.45) is 17.6 Å². The first-order chi connectivity index (χ1) is 9.02. The number of nitrogens with two attached hydrogens (primary N) is 1. The van der Waals surface area contributed by atoms with Crippen molar-refractivity contribution in [2.75, 3.05) is 13.2 Å². The van der Waals surface area contributed by atoms with Gasteiger partial charge in [0.2, 0.25) is 5.91 Å². The number of amides is 1. The van der Waals surface area contributed by atoms with Crippen LogP contribution in [0, 0.1) is 11.8 Å². The summed E-state index contributed by atoms with van der Waals surface area (Å²) in [6.07, 6.45) is 5.64. The Bertz CT molecular complexity index is 261. The van der Waals surface area contributed by atoms with Gasteiger partial charge in [0, 0.05) is 6.61 Å². The van der Waals surface area contributed by atoms with Crippen molar-refractivity contribution in [3.05, 3.63) is 0 Å². The van der Waals surface area contributed by atoms with Crippen LogP contribution >= 0.6 is 0 Å². The minimum absolute atomic E-state index is 0.251. The molecule has 112 valence electrons. The molecule has 4 heteroatoms. The first-order valence-electron chi connectivity index (χ1n) is 7.67. The highest BCUT2D eigenvalue weighted by atomic mass is 16.5. The summed E-state index contributed by atoms with van der Waals surface area (Å²) in [5.74, 6) is 1.22. The fourth-order valence-electron chi connectivity index (χ4n) is 3.03. The van der Waals surface area contributed by atoms with Gasteiger partial charge in [0.25, 0.3) is 0 Å². The number of rotatable bonds is 8. The Hall–Kier alpha value is -0.610. The molecular formula is C15H30N2O2. The van der Waals surface area contributed by atoms with Crippen molar-refractivity contribution in [2.45, 2.75) is 65.0 Å². The first-order valence-corrected chi connectivity index (χ1v) is 7.67. The summed E-state index contributed by atoms with van der Waals surface area (Å²) >= 11 is 0. The number of hydrogen-bond donors (Lipinski definition) is 2. The molecule has 19 heavy (non-hydrogen) atoms. The highest BCUT2D eigenvalue weighted by Gasteiger charge is 2.24. The van der Waals surface area contributed by atoms with E-state index in [-0.39, 0.29) is 11.9 Å². The van der Waals surface area contributed by atoms with Crippen LogP contribution in [0.15, 0.2) is 0 Å². The van der Waals surface area contributed by atoms with Crippen molar-refractivity contribution in [3.63, 3.8) is 0 Å². The van der Waals surface area contributed by atoms with Crippen molar-refractivity contribution in [1.29, 1.82) is 0 Å². The molecule has 1 saturated carbocycles. The van der Waals surface area contributed by atoms with Gasteiger partial charge in [-0.25, -0.2) is 0 Å². The smallest absolute Gasteiger partial charge is 0.234 e. The van der Waals surface area contributed by atoms with E-state index in [1.54, 1.807) is 0 Å². The second-order valence-electron chi connectivity index (χ2n) is 6.11. The zero-order chi connectivity index (χ0) is 14.3. The van der Waals surface area contributed by atoms with Crippen molar-refractivity contribution < 1.29 is 9.53 Å². The van der Waals surface area contributed by atoms with E-state index < -0.39 is 0 Å². The van der Waals surface area contributed by atoms with Crippen molar-refractivity contribution in [1.82, 2.24) is 5.32 Å². The normalized spacial score (nSPS) is 29.1. The highest BCUT2D eigenvalue weighted by molar-refractivity contribution is 5.79. The average Bonchev–Trinajstić information content (AvgIpc) is 2.31. The molecule has 3 unspecified atom stereocenters. The Morgan fingerprint density at radius 1 is 1.32 bits per heavy atom. The molecule has 1 amide bonds. The van der Waals surface area contributed by atoms with Gasteiger partial charge in [-0.2, -0.15) is 0 Å². The second-order valence-corrected chi connectivity index (χ2v) is 6.11. The molecule has 0 heterocycles. The molecule has 0 aromatic heterocycles. The number of primary amides is 1. The third-order valence-corrected chi connectivity index (χ3v) is 3.88. The van der Waals surface area contributed by atoms with E-state index in [0.717, 1.165) is 37.6 Å². The quantitative estimate of drug-likeness (QED) is 0.709. The Morgan fingerprint density at radius 3 is 2.47 bits per heavy atom. The molecule has 0 radical (unpaired) electrons. The van der Waals surface area contributed by atoms with Crippen molar-refractivity contribution >= 4 is 5.91 Å². The largest absolute Gasteiger partial charge is 0.378 e. The van der Waals surface area contributed by atoms with E-state index in [0.29, 0.717) is 19.1 Å². The van der Waals surface area contributed by atoms with Crippen LogP contribution in [-0.4, -0.2) is 31.2 Å². The average molecular weight is 270 g/mol. The van der Waals surface area contributed by atoms with Gasteiger partial charge < -0.3 is 15.8 Å². The minimum Gasteiger partial charge on any atom is -0.378 e. The Labute approximate surface area is 117 Å². The van der Waals surface area contributed by atoms with Gasteiger partial charge in [-0.1, -0.05) is 20.8 Å². The topological polar surface area (TPSA) is 64.3 Å². The van der Waals surface area contributed by atoms with Crippen LogP contribution in [0.25, 0.3) is 0 Å². The maximum absolute atomic E-state index is 11.3. The zero-order valence-corrected chi connectivity index (χ0v) is 12.7. The molecule has 1 aliphatic carbocycles. The van der Waals surface area contributed by atoms with Crippen LogP contribution in [0.1, 0.15) is 52.9 Å². The lowest BCUT2D eigenvalue weighted by Crippen LogP contribution is -2.42. The fourth-order valence-corrected chi connectivity index (χ4v) is 3.03. The highest BCUT2D eigenvalue weighted by Crippen LogP contribution is 2.30. The predicted molar refractivity (Wildman–Crippen MR) is 77.8 cm³/mol. The molecular weight excluding hydrogens is 240 g/mol. The lowest BCUT2D eigenvalue weighted by Gasteiger charge is -2.31. The third-order valence-electron chi connectivity index (χ3n) is 3.88. The summed E-state index contributed by atoms with van der Waals surface area (Å²) in [6.45, 7) is 8.11. The number of ether oxygens (including phenoxy) is 1. The van der Waals surface area contributed by atoms with Gasteiger partial charge >= 0.3 is 0 Å². The van der Waals surface area contributed by atoms with Gasteiger partial charge in [-0.3, -0.25) is 4.79 Å². The van der Waals surface area contributed by atoms with E-state index >= 15 is 0 Å². The van der Waals surface area contributed by atoms with Gasteiger partial charge in [0.05, 0.1) is 12.1 Å². The van der Waals surface area contributed by atoms with E-state index in [1.807, 2.05) is 0 Å². The maximum atomic E-state index is 11.3. The number of hydrogen-bond acceptors (Lipinski definition) is 3. The molecule has 3 atom stereocenters. The summed E-state index contributed by atoms with van der Waals surface area (Å²) in [5.41, 5.74) is 5.38. The summed E-state index contributed by atoms with van der Waals surface area (Å²) in [5, 5.41) is 3.17. The maximum Gasteiger partial charge on any atom is 0.234 e. The first kappa shape index (κ1) is 16.4. The molecule has 4 nitrogen and oxygen atoms in total. The van der Waals surface area contributed by atoms with E-state index in [2.05, 4.69) is 26.1 Å².